The summed E-state index contributed by atoms with van der Waals surface area (Å²) in [5.74, 6) is -2.15. The molecule has 0 amide bonds. The van der Waals surface area contributed by atoms with Gasteiger partial charge in [-0.3, -0.25) is 0 Å². The Hall–Kier alpha value is -1.66. The third-order valence-electron chi connectivity index (χ3n) is 4.37. The van der Waals surface area contributed by atoms with Crippen LogP contribution in [-0.2, 0) is 14.3 Å². The lowest BCUT2D eigenvalue weighted by Crippen LogP contribution is -2.46. The zero-order valence-electron chi connectivity index (χ0n) is 14.6. The Labute approximate surface area is 156 Å². The zero-order valence-corrected chi connectivity index (χ0v) is 16.2. The van der Waals surface area contributed by atoms with E-state index in [-0.39, 0.29) is 18.4 Å². The molecule has 0 saturated heterocycles. The summed E-state index contributed by atoms with van der Waals surface area (Å²) in [6, 6.07) is 6.79. The van der Waals surface area contributed by atoms with Gasteiger partial charge in [0.15, 0.2) is 5.60 Å². The van der Waals surface area contributed by atoms with Crippen LogP contribution in [0, 0.1) is 11.8 Å². The SMILES string of the molecule is C=C[C@H]1[C@@H](OC(=O)c2ccc(Br)cc2)[C@@H](C)C[C@]1(O)C(=O)OC(C)C. The van der Waals surface area contributed by atoms with E-state index in [1.807, 2.05) is 6.92 Å². The summed E-state index contributed by atoms with van der Waals surface area (Å²) in [6.07, 6.45) is 0.609. The Morgan fingerprint density at radius 1 is 1.36 bits per heavy atom. The molecule has 1 aromatic carbocycles. The number of aliphatic hydroxyl groups is 1. The molecule has 0 unspecified atom stereocenters. The molecule has 1 saturated carbocycles. The largest absolute Gasteiger partial charge is 0.461 e. The highest BCUT2D eigenvalue weighted by Gasteiger charge is 2.57. The van der Waals surface area contributed by atoms with Gasteiger partial charge in [0, 0.05) is 4.47 Å². The molecule has 1 aliphatic rings. The van der Waals surface area contributed by atoms with E-state index in [0.29, 0.717) is 5.56 Å². The third kappa shape index (κ3) is 4.12. The second-order valence-corrected chi connectivity index (χ2v) is 7.61. The Morgan fingerprint density at radius 3 is 2.48 bits per heavy atom. The molecule has 1 fully saturated rings. The fourth-order valence-corrected chi connectivity index (χ4v) is 3.46. The molecule has 6 heteroatoms. The number of carbonyl (C=O) groups excluding carboxylic acids is 2. The maximum absolute atomic E-state index is 12.4. The van der Waals surface area contributed by atoms with E-state index >= 15 is 0 Å². The van der Waals surface area contributed by atoms with E-state index in [2.05, 4.69) is 22.5 Å². The van der Waals surface area contributed by atoms with E-state index in [0.717, 1.165) is 4.47 Å². The number of carbonyl (C=O) groups is 2. The number of rotatable bonds is 5. The quantitative estimate of drug-likeness (QED) is 0.593. The highest BCUT2D eigenvalue weighted by Crippen LogP contribution is 2.43. The molecule has 1 aliphatic carbocycles. The van der Waals surface area contributed by atoms with Crippen molar-refractivity contribution in [2.75, 3.05) is 0 Å². The van der Waals surface area contributed by atoms with E-state index in [1.54, 1.807) is 38.1 Å². The summed E-state index contributed by atoms with van der Waals surface area (Å²) >= 11 is 3.31. The highest BCUT2D eigenvalue weighted by atomic mass is 79.9. The van der Waals surface area contributed by atoms with Gasteiger partial charge in [0.05, 0.1) is 17.6 Å². The van der Waals surface area contributed by atoms with Gasteiger partial charge in [0.25, 0.3) is 0 Å². The predicted octanol–water partition coefficient (Wildman–Crippen LogP) is 3.50. The van der Waals surface area contributed by atoms with Crippen LogP contribution < -0.4 is 0 Å². The van der Waals surface area contributed by atoms with Crippen LogP contribution in [0.3, 0.4) is 0 Å². The van der Waals surface area contributed by atoms with Gasteiger partial charge in [-0.2, -0.15) is 0 Å². The number of ether oxygens (including phenoxy) is 2. The minimum Gasteiger partial charge on any atom is -0.461 e. The first kappa shape index (κ1) is 19.7. The first-order valence-electron chi connectivity index (χ1n) is 8.21. The summed E-state index contributed by atoms with van der Waals surface area (Å²) < 4.78 is 11.7. The Balaban J connectivity index is 2.20. The van der Waals surface area contributed by atoms with Gasteiger partial charge in [0.2, 0.25) is 0 Å². The number of hydrogen-bond acceptors (Lipinski definition) is 5. The molecule has 0 bridgehead atoms. The number of esters is 2. The molecule has 0 spiro atoms. The summed E-state index contributed by atoms with van der Waals surface area (Å²) in [6.45, 7) is 8.97. The van der Waals surface area contributed by atoms with Gasteiger partial charge < -0.3 is 14.6 Å². The molecular formula is C19H23BrO5. The van der Waals surface area contributed by atoms with E-state index < -0.39 is 29.6 Å². The van der Waals surface area contributed by atoms with Crippen molar-refractivity contribution in [1.82, 2.24) is 0 Å². The number of halogens is 1. The standard InChI is InChI=1S/C19H23BrO5/c1-5-15-16(25-17(21)13-6-8-14(20)9-7-13)12(4)10-19(15,23)18(22)24-11(2)3/h5-9,11-12,15-16,23H,1,10H2,2-4H3/t12-,15-,16-,19+/m0/s1. The fourth-order valence-electron chi connectivity index (χ4n) is 3.20. The highest BCUT2D eigenvalue weighted by molar-refractivity contribution is 9.10. The molecule has 4 atom stereocenters. The van der Waals surface area contributed by atoms with Crippen LogP contribution in [0.25, 0.3) is 0 Å². The minimum atomic E-state index is -1.74. The average Bonchev–Trinajstić information content (AvgIpc) is 2.78. The summed E-state index contributed by atoms with van der Waals surface area (Å²) in [4.78, 5) is 24.8. The van der Waals surface area contributed by atoms with Crippen molar-refractivity contribution < 1.29 is 24.2 Å². The van der Waals surface area contributed by atoms with Gasteiger partial charge in [-0.15, -0.1) is 6.58 Å². The fraction of sp³-hybridized carbons (Fsp3) is 0.474. The molecule has 0 radical (unpaired) electrons. The maximum atomic E-state index is 12.4. The molecule has 0 heterocycles. The van der Waals surface area contributed by atoms with E-state index in [4.69, 9.17) is 9.47 Å². The smallest absolute Gasteiger partial charge is 0.339 e. The van der Waals surface area contributed by atoms with E-state index in [1.165, 1.54) is 6.08 Å². The monoisotopic (exact) mass is 410 g/mol. The minimum absolute atomic E-state index is 0.146. The van der Waals surface area contributed by atoms with Crippen LogP contribution >= 0.6 is 15.9 Å². The first-order chi connectivity index (χ1) is 11.7. The van der Waals surface area contributed by atoms with Crippen molar-refractivity contribution in [2.45, 2.75) is 45.0 Å². The van der Waals surface area contributed by atoms with Crippen LogP contribution in [0.15, 0.2) is 41.4 Å². The summed E-state index contributed by atoms with van der Waals surface area (Å²) in [7, 11) is 0. The van der Waals surface area contributed by atoms with Gasteiger partial charge in [0.1, 0.15) is 6.10 Å². The topological polar surface area (TPSA) is 72.8 Å². The Morgan fingerprint density at radius 2 is 1.96 bits per heavy atom. The van der Waals surface area contributed by atoms with E-state index in [9.17, 15) is 14.7 Å². The van der Waals surface area contributed by atoms with Crippen molar-refractivity contribution in [3.05, 3.63) is 47.0 Å². The Bertz CT molecular complexity index is 654. The first-order valence-corrected chi connectivity index (χ1v) is 9.01. The molecule has 0 aliphatic heterocycles. The maximum Gasteiger partial charge on any atom is 0.339 e. The molecule has 25 heavy (non-hydrogen) atoms. The molecule has 1 N–H and O–H groups in total. The van der Waals surface area contributed by atoms with Crippen molar-refractivity contribution in [2.24, 2.45) is 11.8 Å². The molecule has 1 aromatic rings. The van der Waals surface area contributed by atoms with Gasteiger partial charge in [-0.25, -0.2) is 9.59 Å². The van der Waals surface area contributed by atoms with Crippen LogP contribution in [0.5, 0.6) is 0 Å². The second kappa shape index (κ2) is 7.70. The molecule has 136 valence electrons. The van der Waals surface area contributed by atoms with Gasteiger partial charge in [-0.05, 0) is 50.5 Å². The predicted molar refractivity (Wildman–Crippen MR) is 97.0 cm³/mol. The van der Waals surface area contributed by atoms with Gasteiger partial charge >= 0.3 is 11.9 Å². The lowest BCUT2D eigenvalue weighted by molar-refractivity contribution is -0.173. The molecule has 5 nitrogen and oxygen atoms in total. The molecular weight excluding hydrogens is 388 g/mol. The second-order valence-electron chi connectivity index (χ2n) is 6.70. The molecule has 0 aromatic heterocycles. The average molecular weight is 411 g/mol. The normalized spacial score (nSPS) is 28.6. The lowest BCUT2D eigenvalue weighted by Gasteiger charge is -2.29. The number of benzene rings is 1. The van der Waals surface area contributed by atoms with Gasteiger partial charge in [-0.1, -0.05) is 28.9 Å². The summed E-state index contributed by atoms with van der Waals surface area (Å²) in [5.41, 5.74) is -1.34. The van der Waals surface area contributed by atoms with Crippen LogP contribution in [-0.4, -0.2) is 34.9 Å². The third-order valence-corrected chi connectivity index (χ3v) is 4.90. The van der Waals surface area contributed by atoms with Crippen molar-refractivity contribution in [3.63, 3.8) is 0 Å². The van der Waals surface area contributed by atoms with Crippen LogP contribution in [0.4, 0.5) is 0 Å². The molecule has 2 rings (SSSR count). The summed E-state index contributed by atoms with van der Waals surface area (Å²) in [5, 5.41) is 10.9. The van der Waals surface area contributed by atoms with Crippen molar-refractivity contribution >= 4 is 27.9 Å². The van der Waals surface area contributed by atoms with Crippen LogP contribution in [0.1, 0.15) is 37.6 Å². The number of hydrogen-bond donors (Lipinski definition) is 1. The van der Waals surface area contributed by atoms with Crippen molar-refractivity contribution in [1.29, 1.82) is 0 Å². The van der Waals surface area contributed by atoms with Crippen molar-refractivity contribution in [3.8, 4) is 0 Å². The Kier molecular flexibility index (Phi) is 6.06. The lowest BCUT2D eigenvalue weighted by atomic mass is 9.90. The zero-order chi connectivity index (χ0) is 18.8. The van der Waals surface area contributed by atoms with Crippen LogP contribution in [0.2, 0.25) is 0 Å².